The Hall–Kier alpha value is -2.87. The fraction of sp³-hybridized carbons (Fsp3) is 0.409. The summed E-state index contributed by atoms with van der Waals surface area (Å²) in [4.78, 5) is 28.7. The van der Waals surface area contributed by atoms with E-state index in [1.807, 2.05) is 0 Å². The second-order valence-electron chi connectivity index (χ2n) is 8.13. The lowest BCUT2D eigenvalue weighted by Crippen LogP contribution is -2.50. The number of hydrogen-bond acceptors (Lipinski definition) is 5. The first-order valence-corrected chi connectivity index (χ1v) is 10.4. The summed E-state index contributed by atoms with van der Waals surface area (Å²) in [5.41, 5.74) is 0.261. The molecular weight excluding hydrogens is 388 g/mol. The Morgan fingerprint density at radius 2 is 1.80 bits per heavy atom. The summed E-state index contributed by atoms with van der Waals surface area (Å²) in [7, 11) is 0. The standard InChI is InChI=1S/C22H23F2N5O/c23-15-2-5-19-18(12-15)22(30)27-21(26-19)14-1-4-17(11-14)28-7-9-29(10-8-28)20-6-3-16(24)13-25-20/h2-3,5-6,12-14,17H,1,4,7-11H2,(H,26,27,30)/t14-,17+/m1/s1. The summed E-state index contributed by atoms with van der Waals surface area (Å²) in [5, 5.41) is 0.291. The number of rotatable bonds is 3. The number of hydrogen-bond donors (Lipinski definition) is 1. The SMILES string of the molecule is O=c1[nH]c([C@@H]2CC[C@H](N3CCN(c4ccc(F)cn4)CC3)C2)nc2ccc(F)cc12. The van der Waals surface area contributed by atoms with Crippen LogP contribution in [0.2, 0.25) is 0 Å². The zero-order valence-corrected chi connectivity index (χ0v) is 16.5. The second kappa shape index (κ2) is 7.75. The summed E-state index contributed by atoms with van der Waals surface area (Å²) >= 11 is 0. The first kappa shape index (κ1) is 19.1. The van der Waals surface area contributed by atoms with Gasteiger partial charge >= 0.3 is 0 Å². The highest BCUT2D eigenvalue weighted by molar-refractivity contribution is 5.77. The lowest BCUT2D eigenvalue weighted by Gasteiger charge is -2.38. The normalized spacial score (nSPS) is 22.7. The van der Waals surface area contributed by atoms with Gasteiger partial charge in [-0.2, -0.15) is 0 Å². The van der Waals surface area contributed by atoms with E-state index in [2.05, 4.69) is 24.8 Å². The molecule has 0 amide bonds. The van der Waals surface area contributed by atoms with Gasteiger partial charge in [0.1, 0.15) is 23.3 Å². The molecule has 1 saturated heterocycles. The molecule has 2 fully saturated rings. The third-order valence-corrected chi connectivity index (χ3v) is 6.34. The Morgan fingerprint density at radius 1 is 1.00 bits per heavy atom. The van der Waals surface area contributed by atoms with Crippen LogP contribution in [-0.4, -0.2) is 52.1 Å². The van der Waals surface area contributed by atoms with E-state index in [-0.39, 0.29) is 17.3 Å². The number of anilines is 1. The average molecular weight is 411 g/mol. The summed E-state index contributed by atoms with van der Waals surface area (Å²) in [6.45, 7) is 3.57. The van der Waals surface area contributed by atoms with Gasteiger partial charge in [-0.05, 0) is 49.6 Å². The van der Waals surface area contributed by atoms with Gasteiger partial charge in [0, 0.05) is 38.1 Å². The van der Waals surface area contributed by atoms with Crippen molar-refractivity contribution in [2.75, 3.05) is 31.1 Å². The molecule has 0 unspecified atom stereocenters. The van der Waals surface area contributed by atoms with E-state index in [9.17, 15) is 13.6 Å². The first-order valence-electron chi connectivity index (χ1n) is 10.4. The molecule has 1 aromatic carbocycles. The van der Waals surface area contributed by atoms with Crippen molar-refractivity contribution < 1.29 is 8.78 Å². The van der Waals surface area contributed by atoms with Gasteiger partial charge in [0.15, 0.2) is 0 Å². The van der Waals surface area contributed by atoms with Crippen LogP contribution in [0.25, 0.3) is 10.9 Å². The molecule has 6 nitrogen and oxygen atoms in total. The van der Waals surface area contributed by atoms with Gasteiger partial charge < -0.3 is 9.88 Å². The Labute approximate surface area is 172 Å². The average Bonchev–Trinajstić information content (AvgIpc) is 3.25. The number of H-pyrrole nitrogens is 1. The highest BCUT2D eigenvalue weighted by Gasteiger charge is 2.33. The van der Waals surface area contributed by atoms with Gasteiger partial charge in [0.05, 0.1) is 17.1 Å². The van der Waals surface area contributed by atoms with Crippen molar-refractivity contribution in [2.45, 2.75) is 31.2 Å². The molecular formula is C22H23F2N5O. The van der Waals surface area contributed by atoms with Crippen molar-refractivity contribution in [2.24, 2.45) is 0 Å². The zero-order chi connectivity index (χ0) is 20.7. The monoisotopic (exact) mass is 411 g/mol. The van der Waals surface area contributed by atoms with Crippen LogP contribution in [0.5, 0.6) is 0 Å². The molecule has 2 aliphatic rings. The minimum absolute atomic E-state index is 0.203. The fourth-order valence-electron chi connectivity index (χ4n) is 4.73. The summed E-state index contributed by atoms with van der Waals surface area (Å²) in [6, 6.07) is 7.76. The van der Waals surface area contributed by atoms with E-state index in [0.717, 1.165) is 51.3 Å². The summed E-state index contributed by atoms with van der Waals surface area (Å²) in [6.07, 6.45) is 4.24. The Kier molecular flexibility index (Phi) is 4.94. The van der Waals surface area contributed by atoms with Crippen LogP contribution in [0.1, 0.15) is 31.0 Å². The molecule has 3 aromatic rings. The smallest absolute Gasteiger partial charge is 0.258 e. The molecule has 1 aliphatic carbocycles. The van der Waals surface area contributed by atoms with Gasteiger partial charge in [-0.1, -0.05) is 0 Å². The highest BCUT2D eigenvalue weighted by Crippen LogP contribution is 2.36. The summed E-state index contributed by atoms with van der Waals surface area (Å²) < 4.78 is 26.5. The Balaban J connectivity index is 1.24. The maximum Gasteiger partial charge on any atom is 0.258 e. The molecule has 0 spiro atoms. The molecule has 1 saturated carbocycles. The van der Waals surface area contributed by atoms with E-state index in [0.29, 0.717) is 22.8 Å². The molecule has 1 aliphatic heterocycles. The fourth-order valence-corrected chi connectivity index (χ4v) is 4.73. The number of pyridine rings is 1. The van der Waals surface area contributed by atoms with E-state index >= 15 is 0 Å². The lowest BCUT2D eigenvalue weighted by atomic mass is 10.1. The number of aromatic amines is 1. The van der Waals surface area contributed by atoms with Crippen LogP contribution in [0.4, 0.5) is 14.6 Å². The topological polar surface area (TPSA) is 65.1 Å². The van der Waals surface area contributed by atoms with Crippen LogP contribution in [-0.2, 0) is 0 Å². The van der Waals surface area contributed by atoms with Crippen molar-refractivity contribution in [3.05, 3.63) is 64.3 Å². The molecule has 156 valence electrons. The summed E-state index contributed by atoms with van der Waals surface area (Å²) in [5.74, 6) is 0.970. The predicted molar refractivity (Wildman–Crippen MR) is 111 cm³/mol. The lowest BCUT2D eigenvalue weighted by molar-refractivity contribution is 0.185. The Bertz CT molecular complexity index is 1110. The Morgan fingerprint density at radius 3 is 2.57 bits per heavy atom. The van der Waals surface area contributed by atoms with E-state index in [1.165, 1.54) is 24.4 Å². The van der Waals surface area contributed by atoms with Crippen molar-refractivity contribution in [3.8, 4) is 0 Å². The molecule has 3 heterocycles. The van der Waals surface area contributed by atoms with E-state index in [1.54, 1.807) is 12.1 Å². The molecule has 5 rings (SSSR count). The number of fused-ring (bicyclic) bond motifs is 1. The van der Waals surface area contributed by atoms with Crippen LogP contribution in [0, 0.1) is 11.6 Å². The third kappa shape index (κ3) is 3.67. The first-order chi connectivity index (χ1) is 14.6. The molecule has 2 atom stereocenters. The van der Waals surface area contributed by atoms with Crippen molar-refractivity contribution in [3.63, 3.8) is 0 Å². The number of benzene rings is 1. The maximum absolute atomic E-state index is 13.4. The number of nitrogens with zero attached hydrogens (tertiary/aromatic N) is 4. The van der Waals surface area contributed by atoms with Crippen LogP contribution in [0.3, 0.4) is 0 Å². The van der Waals surface area contributed by atoms with E-state index < -0.39 is 5.82 Å². The van der Waals surface area contributed by atoms with Gasteiger partial charge in [-0.3, -0.25) is 9.69 Å². The van der Waals surface area contributed by atoms with Crippen molar-refractivity contribution >= 4 is 16.7 Å². The third-order valence-electron chi connectivity index (χ3n) is 6.34. The van der Waals surface area contributed by atoms with E-state index in [4.69, 9.17) is 0 Å². The maximum atomic E-state index is 13.4. The molecule has 1 N–H and O–H groups in total. The van der Waals surface area contributed by atoms with Gasteiger partial charge in [-0.25, -0.2) is 18.7 Å². The number of nitrogens with one attached hydrogen (secondary N) is 1. The molecule has 8 heteroatoms. The minimum atomic E-state index is -0.432. The van der Waals surface area contributed by atoms with Crippen molar-refractivity contribution in [1.29, 1.82) is 0 Å². The number of piperazine rings is 1. The van der Waals surface area contributed by atoms with Gasteiger partial charge in [-0.15, -0.1) is 0 Å². The predicted octanol–water partition coefficient (Wildman–Crippen LogP) is 3.05. The van der Waals surface area contributed by atoms with Crippen molar-refractivity contribution in [1.82, 2.24) is 19.9 Å². The second-order valence-corrected chi connectivity index (χ2v) is 8.13. The largest absolute Gasteiger partial charge is 0.354 e. The highest BCUT2D eigenvalue weighted by atomic mass is 19.1. The molecule has 30 heavy (non-hydrogen) atoms. The van der Waals surface area contributed by atoms with Crippen LogP contribution < -0.4 is 10.5 Å². The van der Waals surface area contributed by atoms with Crippen LogP contribution >= 0.6 is 0 Å². The van der Waals surface area contributed by atoms with Gasteiger partial charge in [0.25, 0.3) is 5.56 Å². The molecule has 0 radical (unpaired) electrons. The molecule has 2 aromatic heterocycles. The van der Waals surface area contributed by atoms with Gasteiger partial charge in [0.2, 0.25) is 0 Å². The number of aromatic nitrogens is 3. The minimum Gasteiger partial charge on any atom is -0.354 e. The van der Waals surface area contributed by atoms with Crippen LogP contribution in [0.15, 0.2) is 41.3 Å². The molecule has 0 bridgehead atoms. The number of halogens is 2. The zero-order valence-electron chi connectivity index (χ0n) is 16.5. The quantitative estimate of drug-likeness (QED) is 0.718.